The van der Waals surface area contributed by atoms with Crippen molar-refractivity contribution in [2.24, 2.45) is 0 Å². The monoisotopic (exact) mass is 354 g/mol. The highest BCUT2D eigenvalue weighted by atomic mass is 16.5. The van der Waals surface area contributed by atoms with E-state index in [1.807, 2.05) is 42.5 Å². The fourth-order valence-corrected chi connectivity index (χ4v) is 3.01. The van der Waals surface area contributed by atoms with Crippen molar-refractivity contribution < 1.29 is 9.53 Å². The molecule has 0 amide bonds. The highest BCUT2D eigenvalue weighted by Crippen LogP contribution is 2.31. The first-order chi connectivity index (χ1) is 13.2. The van der Waals surface area contributed by atoms with Crippen LogP contribution in [0.3, 0.4) is 0 Å². The molecule has 0 atom stereocenters. The van der Waals surface area contributed by atoms with E-state index >= 15 is 0 Å². The molecule has 27 heavy (non-hydrogen) atoms. The number of hydrogen-bond acceptors (Lipinski definition) is 4. The van der Waals surface area contributed by atoms with E-state index in [-0.39, 0.29) is 5.97 Å². The first-order valence-electron chi connectivity index (χ1n) is 8.68. The van der Waals surface area contributed by atoms with Crippen LogP contribution in [0.15, 0.2) is 72.8 Å². The van der Waals surface area contributed by atoms with Gasteiger partial charge in [0.05, 0.1) is 35.1 Å². The van der Waals surface area contributed by atoms with E-state index in [0.717, 1.165) is 28.0 Å². The smallest absolute Gasteiger partial charge is 0.337 e. The summed E-state index contributed by atoms with van der Waals surface area (Å²) >= 11 is 0. The lowest BCUT2D eigenvalue weighted by Crippen LogP contribution is -2.02. The number of carbonyl (C=O) groups is 1. The number of nitrogens with zero attached hydrogens (tertiary/aromatic N) is 2. The summed E-state index contributed by atoms with van der Waals surface area (Å²) in [6.07, 6.45) is 0. The minimum absolute atomic E-state index is 0.386. The number of methoxy groups -OCH3 is 1. The standard InChI is InChI=1S/C23H18N2O2/c1-15-8-10-17(11-9-15)22-21(16-6-4-3-5-7-16)24-19-13-12-18(23(26)27-2)14-20(19)25-22/h3-14H,1-2H3. The Labute approximate surface area is 157 Å². The van der Waals surface area contributed by atoms with Gasteiger partial charge >= 0.3 is 5.97 Å². The maximum Gasteiger partial charge on any atom is 0.337 e. The molecular formula is C23H18N2O2. The van der Waals surface area contributed by atoms with Crippen LogP contribution in [0.2, 0.25) is 0 Å². The number of aromatic nitrogens is 2. The average Bonchev–Trinajstić information content (AvgIpc) is 2.73. The van der Waals surface area contributed by atoms with Crippen LogP contribution in [-0.2, 0) is 4.74 Å². The molecule has 0 aliphatic heterocycles. The van der Waals surface area contributed by atoms with Crippen LogP contribution >= 0.6 is 0 Å². The van der Waals surface area contributed by atoms with Gasteiger partial charge in [-0.3, -0.25) is 0 Å². The second-order valence-corrected chi connectivity index (χ2v) is 6.35. The fourth-order valence-electron chi connectivity index (χ4n) is 3.01. The van der Waals surface area contributed by atoms with E-state index in [1.165, 1.54) is 12.7 Å². The number of carbonyl (C=O) groups excluding carboxylic acids is 1. The van der Waals surface area contributed by atoms with Crippen LogP contribution in [0.25, 0.3) is 33.5 Å². The third kappa shape index (κ3) is 3.29. The van der Waals surface area contributed by atoms with Gasteiger partial charge in [0, 0.05) is 11.1 Å². The largest absolute Gasteiger partial charge is 0.465 e. The predicted octanol–water partition coefficient (Wildman–Crippen LogP) is 5.06. The van der Waals surface area contributed by atoms with Crippen molar-refractivity contribution in [2.75, 3.05) is 7.11 Å². The lowest BCUT2D eigenvalue weighted by Gasteiger charge is -2.11. The highest BCUT2D eigenvalue weighted by Gasteiger charge is 2.14. The van der Waals surface area contributed by atoms with Crippen LogP contribution in [0.1, 0.15) is 15.9 Å². The number of esters is 1. The molecule has 0 spiro atoms. The quantitative estimate of drug-likeness (QED) is 0.483. The van der Waals surface area contributed by atoms with Crippen LogP contribution in [0.4, 0.5) is 0 Å². The van der Waals surface area contributed by atoms with Crippen molar-refractivity contribution in [2.45, 2.75) is 6.92 Å². The Morgan fingerprint density at radius 2 is 1.41 bits per heavy atom. The molecule has 1 heterocycles. The molecule has 4 heteroatoms. The molecule has 0 saturated heterocycles. The summed E-state index contributed by atoms with van der Waals surface area (Å²) in [5, 5.41) is 0. The summed E-state index contributed by atoms with van der Waals surface area (Å²) in [6.45, 7) is 2.05. The molecule has 4 rings (SSSR count). The van der Waals surface area contributed by atoms with E-state index in [1.54, 1.807) is 18.2 Å². The molecule has 132 valence electrons. The van der Waals surface area contributed by atoms with Crippen LogP contribution < -0.4 is 0 Å². The number of hydrogen-bond donors (Lipinski definition) is 0. The number of benzene rings is 3. The van der Waals surface area contributed by atoms with Crippen molar-refractivity contribution in [3.63, 3.8) is 0 Å². The lowest BCUT2D eigenvalue weighted by molar-refractivity contribution is 0.0601. The summed E-state index contributed by atoms with van der Waals surface area (Å²) in [7, 11) is 1.37. The summed E-state index contributed by atoms with van der Waals surface area (Å²) in [5.41, 5.74) is 6.62. The van der Waals surface area contributed by atoms with Gasteiger partial charge in [-0.2, -0.15) is 0 Å². The zero-order valence-corrected chi connectivity index (χ0v) is 15.1. The number of ether oxygens (including phenoxy) is 1. The second kappa shape index (κ2) is 7.00. The van der Waals surface area contributed by atoms with Gasteiger partial charge in [-0.25, -0.2) is 14.8 Å². The molecule has 0 bridgehead atoms. The van der Waals surface area contributed by atoms with Gasteiger partial charge in [-0.1, -0.05) is 60.2 Å². The molecule has 0 radical (unpaired) electrons. The maximum atomic E-state index is 11.9. The molecule has 0 fully saturated rings. The van der Waals surface area contributed by atoms with Gasteiger partial charge in [0.25, 0.3) is 0 Å². The van der Waals surface area contributed by atoms with Gasteiger partial charge in [0.1, 0.15) is 0 Å². The normalized spacial score (nSPS) is 10.7. The Morgan fingerprint density at radius 1 is 0.778 bits per heavy atom. The molecule has 0 aliphatic carbocycles. The topological polar surface area (TPSA) is 52.1 Å². The van der Waals surface area contributed by atoms with Gasteiger partial charge in [-0.05, 0) is 25.1 Å². The fraction of sp³-hybridized carbons (Fsp3) is 0.0870. The molecule has 4 nitrogen and oxygen atoms in total. The Kier molecular flexibility index (Phi) is 4.38. The molecule has 0 unspecified atom stereocenters. The van der Waals surface area contributed by atoms with Gasteiger partial charge < -0.3 is 4.74 Å². The third-order valence-electron chi connectivity index (χ3n) is 4.46. The van der Waals surface area contributed by atoms with Crippen LogP contribution in [0, 0.1) is 6.92 Å². The first-order valence-corrected chi connectivity index (χ1v) is 8.68. The molecule has 0 aliphatic rings. The summed E-state index contributed by atoms with van der Waals surface area (Å²) in [6, 6.07) is 23.4. The van der Waals surface area contributed by atoms with Crippen LogP contribution in [0.5, 0.6) is 0 Å². The maximum absolute atomic E-state index is 11.9. The third-order valence-corrected chi connectivity index (χ3v) is 4.46. The van der Waals surface area contributed by atoms with E-state index in [4.69, 9.17) is 14.7 Å². The van der Waals surface area contributed by atoms with E-state index in [2.05, 4.69) is 19.1 Å². The van der Waals surface area contributed by atoms with Gasteiger partial charge in [-0.15, -0.1) is 0 Å². The van der Waals surface area contributed by atoms with E-state index in [0.29, 0.717) is 11.1 Å². The Bertz CT molecular complexity index is 1120. The zero-order valence-electron chi connectivity index (χ0n) is 15.1. The Hall–Kier alpha value is -3.53. The minimum Gasteiger partial charge on any atom is -0.465 e. The average molecular weight is 354 g/mol. The van der Waals surface area contributed by atoms with Crippen molar-refractivity contribution in [3.8, 4) is 22.5 Å². The summed E-state index contributed by atoms with van der Waals surface area (Å²) in [4.78, 5) is 21.6. The number of fused-ring (bicyclic) bond motifs is 1. The highest BCUT2D eigenvalue weighted by molar-refractivity contribution is 5.94. The van der Waals surface area contributed by atoms with Gasteiger partial charge in [0.15, 0.2) is 0 Å². The molecule has 4 aromatic rings. The zero-order chi connectivity index (χ0) is 18.8. The number of aryl methyl sites for hydroxylation is 1. The first kappa shape index (κ1) is 16.9. The predicted molar refractivity (Wildman–Crippen MR) is 106 cm³/mol. The number of rotatable bonds is 3. The molecule has 0 N–H and O–H groups in total. The van der Waals surface area contributed by atoms with Crippen molar-refractivity contribution in [3.05, 3.63) is 83.9 Å². The Morgan fingerprint density at radius 3 is 2.07 bits per heavy atom. The second-order valence-electron chi connectivity index (χ2n) is 6.35. The van der Waals surface area contributed by atoms with E-state index in [9.17, 15) is 4.79 Å². The van der Waals surface area contributed by atoms with Crippen molar-refractivity contribution >= 4 is 17.0 Å². The van der Waals surface area contributed by atoms with Crippen molar-refractivity contribution in [1.29, 1.82) is 0 Å². The minimum atomic E-state index is -0.386. The molecular weight excluding hydrogens is 336 g/mol. The summed E-state index contributed by atoms with van der Waals surface area (Å²) < 4.78 is 4.82. The summed E-state index contributed by atoms with van der Waals surface area (Å²) in [5.74, 6) is -0.386. The SMILES string of the molecule is COC(=O)c1ccc2nc(-c3ccccc3)c(-c3ccc(C)cc3)nc2c1. The lowest BCUT2D eigenvalue weighted by atomic mass is 10.0. The van der Waals surface area contributed by atoms with Crippen LogP contribution in [-0.4, -0.2) is 23.0 Å². The molecule has 1 aromatic heterocycles. The van der Waals surface area contributed by atoms with E-state index < -0.39 is 0 Å². The molecule has 0 saturated carbocycles. The van der Waals surface area contributed by atoms with Gasteiger partial charge in [0.2, 0.25) is 0 Å². The molecule has 3 aromatic carbocycles. The van der Waals surface area contributed by atoms with Crippen molar-refractivity contribution in [1.82, 2.24) is 9.97 Å². The Balaban J connectivity index is 1.98.